The van der Waals surface area contributed by atoms with E-state index in [0.717, 1.165) is 11.3 Å². The Bertz CT molecular complexity index is 1500. The van der Waals surface area contributed by atoms with Crippen molar-refractivity contribution in [3.8, 4) is 5.75 Å². The van der Waals surface area contributed by atoms with E-state index in [0.29, 0.717) is 5.56 Å². The number of hydrogen-bond acceptors (Lipinski definition) is 7. The summed E-state index contributed by atoms with van der Waals surface area (Å²) in [5, 5.41) is 0. The van der Waals surface area contributed by atoms with Crippen LogP contribution >= 0.6 is 0 Å². The molecule has 2 bridgehead atoms. The number of Topliss-reactive ketones (excluding diaryl/α,β-unsaturated/α-hetero) is 1. The average Bonchev–Trinajstić information content (AvgIpc) is 3.66. The van der Waals surface area contributed by atoms with Gasteiger partial charge in [0.15, 0.2) is 12.4 Å². The van der Waals surface area contributed by atoms with Gasteiger partial charge in [-0.1, -0.05) is 42.5 Å². The quantitative estimate of drug-likeness (QED) is 0.150. The molecule has 8 heteroatoms. The van der Waals surface area contributed by atoms with Gasteiger partial charge in [0.2, 0.25) is 11.8 Å². The predicted octanol–water partition coefficient (Wildman–Crippen LogP) is 4.26. The minimum Gasteiger partial charge on any atom is -0.454 e. The Kier molecular flexibility index (Phi) is 6.15. The zero-order valence-corrected chi connectivity index (χ0v) is 20.7. The van der Waals surface area contributed by atoms with E-state index in [1.165, 1.54) is 30.3 Å². The number of amides is 2. The molecular weight excluding hydrogens is 498 g/mol. The van der Waals surface area contributed by atoms with Gasteiger partial charge in [0, 0.05) is 5.56 Å². The smallest absolute Gasteiger partial charge is 0.343 e. The van der Waals surface area contributed by atoms with E-state index in [9.17, 15) is 24.0 Å². The van der Waals surface area contributed by atoms with Crippen LogP contribution in [-0.2, 0) is 14.3 Å². The number of nitrogens with zero attached hydrogens (tertiary/aromatic N) is 1. The third kappa shape index (κ3) is 4.33. The van der Waals surface area contributed by atoms with Crippen molar-refractivity contribution in [3.05, 3.63) is 108 Å². The summed E-state index contributed by atoms with van der Waals surface area (Å²) in [6.07, 6.45) is 4.82. The number of ketones is 1. The fourth-order valence-electron chi connectivity index (χ4n) is 5.72. The lowest BCUT2D eigenvalue weighted by atomic mass is 9.85. The number of benzene rings is 3. The molecule has 0 radical (unpaired) electrons. The Hall–Kier alpha value is -4.85. The molecule has 4 atom stereocenters. The molecule has 8 nitrogen and oxygen atoms in total. The molecule has 1 heterocycles. The van der Waals surface area contributed by atoms with Crippen molar-refractivity contribution in [1.82, 2.24) is 0 Å². The molecule has 2 fully saturated rings. The van der Waals surface area contributed by atoms with Crippen molar-refractivity contribution >= 4 is 35.2 Å². The van der Waals surface area contributed by atoms with Crippen LogP contribution in [0.5, 0.6) is 5.75 Å². The fourth-order valence-corrected chi connectivity index (χ4v) is 5.72. The van der Waals surface area contributed by atoms with Crippen LogP contribution in [0, 0.1) is 23.7 Å². The summed E-state index contributed by atoms with van der Waals surface area (Å²) < 4.78 is 10.6. The molecule has 1 saturated carbocycles. The van der Waals surface area contributed by atoms with Gasteiger partial charge in [-0.3, -0.25) is 14.4 Å². The van der Waals surface area contributed by atoms with Crippen molar-refractivity contribution in [2.45, 2.75) is 6.42 Å². The lowest BCUT2D eigenvalue weighted by molar-refractivity contribution is -0.123. The highest BCUT2D eigenvalue weighted by Crippen LogP contribution is 2.53. The van der Waals surface area contributed by atoms with E-state index in [4.69, 9.17) is 9.47 Å². The SMILES string of the molecule is O=C(COC(=O)c1ccccc1N1C(=O)C2C3C=CC(C3)C2C1=O)c1ccc(OC(=O)c2ccccc2)cc1. The first-order valence-corrected chi connectivity index (χ1v) is 12.6. The summed E-state index contributed by atoms with van der Waals surface area (Å²) in [5.74, 6) is -2.83. The lowest BCUT2D eigenvalue weighted by Gasteiger charge is -2.19. The number of carbonyl (C=O) groups excluding carboxylic acids is 5. The second kappa shape index (κ2) is 9.79. The first kappa shape index (κ1) is 24.5. The van der Waals surface area contributed by atoms with Gasteiger partial charge in [-0.2, -0.15) is 0 Å². The Morgan fingerprint density at radius 2 is 1.33 bits per heavy atom. The monoisotopic (exact) mass is 521 g/mol. The van der Waals surface area contributed by atoms with Crippen molar-refractivity contribution in [2.24, 2.45) is 23.7 Å². The number of anilines is 1. The molecule has 0 N–H and O–H groups in total. The van der Waals surface area contributed by atoms with Crippen LogP contribution in [0.1, 0.15) is 37.5 Å². The maximum absolute atomic E-state index is 13.2. The Morgan fingerprint density at radius 1 is 0.718 bits per heavy atom. The molecule has 4 unspecified atom stereocenters. The van der Waals surface area contributed by atoms with Gasteiger partial charge in [-0.15, -0.1) is 0 Å². The van der Waals surface area contributed by atoms with Crippen LogP contribution in [0.3, 0.4) is 0 Å². The number of rotatable bonds is 7. The van der Waals surface area contributed by atoms with Crippen LogP contribution in [0.2, 0.25) is 0 Å². The van der Waals surface area contributed by atoms with Crippen LogP contribution in [0.25, 0.3) is 0 Å². The van der Waals surface area contributed by atoms with Gasteiger partial charge >= 0.3 is 11.9 Å². The molecule has 1 saturated heterocycles. The summed E-state index contributed by atoms with van der Waals surface area (Å²) in [4.78, 5) is 65.4. The Labute approximate surface area is 223 Å². The fraction of sp³-hybridized carbons (Fsp3) is 0.194. The highest BCUT2D eigenvalue weighted by molar-refractivity contribution is 6.24. The number of hydrogen-bond donors (Lipinski definition) is 0. The van der Waals surface area contributed by atoms with Crippen LogP contribution < -0.4 is 9.64 Å². The molecule has 2 amide bonds. The van der Waals surface area contributed by atoms with Crippen LogP contribution in [0.15, 0.2) is 91.0 Å². The van der Waals surface area contributed by atoms with Gasteiger partial charge in [0.25, 0.3) is 0 Å². The normalized spacial score (nSPS) is 22.6. The van der Waals surface area contributed by atoms with E-state index in [1.54, 1.807) is 48.5 Å². The zero-order chi connectivity index (χ0) is 27.1. The van der Waals surface area contributed by atoms with E-state index >= 15 is 0 Å². The molecule has 6 rings (SSSR count). The third-order valence-corrected chi connectivity index (χ3v) is 7.57. The summed E-state index contributed by atoms with van der Waals surface area (Å²) in [5.41, 5.74) is 0.865. The van der Waals surface area contributed by atoms with Gasteiger partial charge in [0.1, 0.15) is 5.75 Å². The number of esters is 2. The Balaban J connectivity index is 1.11. The summed E-state index contributed by atoms with van der Waals surface area (Å²) >= 11 is 0. The number of fused-ring (bicyclic) bond motifs is 5. The van der Waals surface area contributed by atoms with E-state index in [-0.39, 0.29) is 46.2 Å². The van der Waals surface area contributed by atoms with Gasteiger partial charge in [-0.05, 0) is 66.8 Å². The van der Waals surface area contributed by atoms with E-state index in [1.807, 2.05) is 12.2 Å². The summed E-state index contributed by atoms with van der Waals surface area (Å²) in [6, 6.07) is 20.7. The first-order chi connectivity index (χ1) is 18.9. The van der Waals surface area contributed by atoms with Gasteiger partial charge in [0.05, 0.1) is 28.7 Å². The standard InChI is InChI=1S/C31H23NO7/c33-25(18-12-14-22(15-13-18)39-30(36)19-6-2-1-3-7-19)17-38-31(37)23-8-4-5-9-24(23)32-28(34)26-20-10-11-21(16-20)27(26)29(32)35/h1-15,20-21,26-27H,16-17H2. The van der Waals surface area contributed by atoms with E-state index < -0.39 is 36.2 Å². The third-order valence-electron chi connectivity index (χ3n) is 7.57. The van der Waals surface area contributed by atoms with Gasteiger partial charge in [-0.25, -0.2) is 14.5 Å². The molecule has 194 valence electrons. The molecule has 3 aliphatic rings. The minimum atomic E-state index is -0.814. The van der Waals surface area contributed by atoms with Crippen LogP contribution in [0.4, 0.5) is 5.69 Å². The second-order valence-corrected chi connectivity index (χ2v) is 9.81. The summed E-state index contributed by atoms with van der Waals surface area (Å²) in [6.45, 7) is -0.544. The number of para-hydroxylation sites is 1. The van der Waals surface area contributed by atoms with E-state index in [2.05, 4.69) is 0 Å². The maximum Gasteiger partial charge on any atom is 0.343 e. The minimum absolute atomic E-state index is 0.0375. The first-order valence-electron chi connectivity index (χ1n) is 12.6. The molecule has 0 aromatic heterocycles. The summed E-state index contributed by atoms with van der Waals surface area (Å²) in [7, 11) is 0. The average molecular weight is 522 g/mol. The number of carbonyl (C=O) groups is 5. The van der Waals surface area contributed by atoms with Crippen molar-refractivity contribution < 1.29 is 33.4 Å². The van der Waals surface area contributed by atoms with Crippen molar-refractivity contribution in [3.63, 3.8) is 0 Å². The largest absolute Gasteiger partial charge is 0.454 e. The lowest BCUT2D eigenvalue weighted by Crippen LogP contribution is -2.34. The number of imide groups is 1. The maximum atomic E-state index is 13.2. The molecule has 1 aliphatic heterocycles. The topological polar surface area (TPSA) is 107 Å². The molecule has 3 aromatic rings. The van der Waals surface area contributed by atoms with Crippen LogP contribution in [-0.4, -0.2) is 36.1 Å². The number of ether oxygens (including phenoxy) is 2. The molecule has 39 heavy (non-hydrogen) atoms. The van der Waals surface area contributed by atoms with Gasteiger partial charge < -0.3 is 9.47 Å². The second-order valence-electron chi connectivity index (χ2n) is 9.81. The molecule has 3 aromatic carbocycles. The van der Waals surface area contributed by atoms with Crippen molar-refractivity contribution in [2.75, 3.05) is 11.5 Å². The predicted molar refractivity (Wildman–Crippen MR) is 139 cm³/mol. The molecule has 2 aliphatic carbocycles. The highest BCUT2D eigenvalue weighted by Gasteiger charge is 2.59. The molecular formula is C31H23NO7. The number of allylic oxidation sites excluding steroid dienone is 2. The molecule has 0 spiro atoms. The highest BCUT2D eigenvalue weighted by atomic mass is 16.5. The van der Waals surface area contributed by atoms with Crippen molar-refractivity contribution in [1.29, 1.82) is 0 Å². The zero-order valence-electron chi connectivity index (χ0n) is 20.7. The Morgan fingerprint density at radius 3 is 2.00 bits per heavy atom.